The molecule has 0 aromatic carbocycles. The fourth-order valence-electron chi connectivity index (χ4n) is 0.944. The molecule has 6 heteroatoms. The topological polar surface area (TPSA) is 58.7 Å². The first-order valence-corrected chi connectivity index (χ1v) is 4.14. The molecule has 6 nitrogen and oxygen atoms in total. The van der Waals surface area contributed by atoms with Crippen LogP contribution in [0.2, 0.25) is 0 Å². The number of hydrogen-bond acceptors (Lipinski definition) is 4. The second-order valence-electron chi connectivity index (χ2n) is 2.98. The van der Waals surface area contributed by atoms with Crippen molar-refractivity contribution in [2.24, 2.45) is 4.99 Å². The summed E-state index contributed by atoms with van der Waals surface area (Å²) in [6, 6.07) is 1.79. The Morgan fingerprint density at radius 3 is 3.07 bits per heavy atom. The minimum absolute atomic E-state index is 0.414. The zero-order chi connectivity index (χ0) is 9.97. The first kappa shape index (κ1) is 8.61. The smallest absolute Gasteiger partial charge is 0.272 e. The van der Waals surface area contributed by atoms with Crippen LogP contribution in [-0.4, -0.2) is 44.9 Å². The van der Waals surface area contributed by atoms with E-state index in [1.165, 1.54) is 0 Å². The number of hydrogen-bond donors (Lipinski definition) is 0. The molecule has 0 unspecified atom stereocenters. The lowest BCUT2D eigenvalue weighted by molar-refractivity contribution is 0.642. The summed E-state index contributed by atoms with van der Waals surface area (Å²) in [6.07, 6.45) is 5.10. The molecule has 0 saturated heterocycles. The van der Waals surface area contributed by atoms with E-state index in [1.807, 2.05) is 19.0 Å². The van der Waals surface area contributed by atoms with Crippen molar-refractivity contribution in [1.29, 1.82) is 0 Å². The van der Waals surface area contributed by atoms with Gasteiger partial charge in [-0.3, -0.25) is 0 Å². The van der Waals surface area contributed by atoms with Crippen LogP contribution in [0.4, 0.5) is 5.95 Å². The Balaban J connectivity index is 2.36. The quantitative estimate of drug-likeness (QED) is 0.506. The summed E-state index contributed by atoms with van der Waals surface area (Å²) in [5.74, 6) is 0.968. The molecule has 0 fully saturated rings. The van der Waals surface area contributed by atoms with E-state index < -0.39 is 0 Å². The van der Waals surface area contributed by atoms with E-state index in [2.05, 4.69) is 20.1 Å². The molecule has 0 aliphatic rings. The van der Waals surface area contributed by atoms with Gasteiger partial charge in [0.25, 0.3) is 11.7 Å². The highest BCUT2D eigenvalue weighted by atomic mass is 15.4. The maximum atomic E-state index is 4.10. The molecule has 2 heterocycles. The highest BCUT2D eigenvalue weighted by Gasteiger charge is 2.00. The third-order valence-corrected chi connectivity index (χ3v) is 1.51. The summed E-state index contributed by atoms with van der Waals surface area (Å²) in [5, 5.41) is 4.10. The van der Waals surface area contributed by atoms with Crippen LogP contribution < -0.4 is 0 Å². The second kappa shape index (κ2) is 3.41. The van der Waals surface area contributed by atoms with Crippen LogP contribution in [0.25, 0.3) is 5.78 Å². The van der Waals surface area contributed by atoms with E-state index in [9.17, 15) is 0 Å². The Morgan fingerprint density at radius 1 is 1.50 bits per heavy atom. The molecule has 0 spiro atoms. The van der Waals surface area contributed by atoms with Gasteiger partial charge in [0.2, 0.25) is 0 Å². The van der Waals surface area contributed by atoms with E-state index in [4.69, 9.17) is 0 Å². The SMILES string of the molecule is CN(C)/C=N/c1nc2ncccn2n1. The number of aromatic nitrogens is 4. The molecular weight excluding hydrogens is 180 g/mol. The van der Waals surface area contributed by atoms with Crippen LogP contribution >= 0.6 is 0 Å². The molecule has 2 aromatic heterocycles. The molecule has 14 heavy (non-hydrogen) atoms. The van der Waals surface area contributed by atoms with Crippen LogP contribution in [-0.2, 0) is 0 Å². The summed E-state index contributed by atoms with van der Waals surface area (Å²) in [6.45, 7) is 0. The summed E-state index contributed by atoms with van der Waals surface area (Å²) in [5.41, 5.74) is 0. The molecule has 2 rings (SSSR count). The molecule has 0 atom stereocenters. The van der Waals surface area contributed by atoms with Crippen LogP contribution in [0.1, 0.15) is 0 Å². The summed E-state index contributed by atoms with van der Waals surface area (Å²) in [4.78, 5) is 14.0. The zero-order valence-electron chi connectivity index (χ0n) is 7.99. The molecule has 72 valence electrons. The number of nitrogens with zero attached hydrogens (tertiary/aromatic N) is 6. The molecule has 0 aliphatic carbocycles. The normalized spacial score (nSPS) is 11.3. The van der Waals surface area contributed by atoms with Crippen molar-refractivity contribution < 1.29 is 0 Å². The van der Waals surface area contributed by atoms with Crippen LogP contribution in [0.3, 0.4) is 0 Å². The van der Waals surface area contributed by atoms with Gasteiger partial charge in [-0.25, -0.2) is 14.5 Å². The Labute approximate surface area is 80.9 Å². The molecule has 0 saturated carbocycles. The standard InChI is InChI=1S/C8H10N6/c1-13(2)6-10-7-11-8-9-4-3-5-14(8)12-7/h3-6H,1-2H3/b10-6+. The third-order valence-electron chi connectivity index (χ3n) is 1.51. The lowest BCUT2D eigenvalue weighted by Gasteiger charge is -1.99. The van der Waals surface area contributed by atoms with Gasteiger partial charge in [-0.1, -0.05) is 0 Å². The molecule has 0 bridgehead atoms. The molecule has 0 amide bonds. The highest BCUT2D eigenvalue weighted by Crippen LogP contribution is 2.04. The van der Waals surface area contributed by atoms with Crippen molar-refractivity contribution >= 4 is 18.1 Å². The fourth-order valence-corrected chi connectivity index (χ4v) is 0.944. The predicted octanol–water partition coefficient (Wildman–Crippen LogP) is 0.346. The maximum Gasteiger partial charge on any atom is 0.272 e. The van der Waals surface area contributed by atoms with Gasteiger partial charge >= 0.3 is 0 Å². The average molecular weight is 190 g/mol. The molecule has 0 radical (unpaired) electrons. The monoisotopic (exact) mass is 190 g/mol. The average Bonchev–Trinajstić information content (AvgIpc) is 2.57. The largest absolute Gasteiger partial charge is 0.369 e. The zero-order valence-corrected chi connectivity index (χ0v) is 7.99. The van der Waals surface area contributed by atoms with Gasteiger partial charge in [-0.2, -0.15) is 4.98 Å². The fraction of sp³-hybridized carbons (Fsp3) is 0.250. The number of aliphatic imine (C=N–C) groups is 1. The Hall–Kier alpha value is -1.98. The van der Waals surface area contributed by atoms with Crippen LogP contribution in [0, 0.1) is 0 Å². The first-order valence-electron chi connectivity index (χ1n) is 4.14. The van der Waals surface area contributed by atoms with E-state index in [1.54, 1.807) is 29.3 Å². The predicted molar refractivity (Wildman–Crippen MR) is 52.6 cm³/mol. The second-order valence-corrected chi connectivity index (χ2v) is 2.98. The van der Waals surface area contributed by atoms with Gasteiger partial charge in [0.05, 0.1) is 6.34 Å². The summed E-state index contributed by atoms with van der Waals surface area (Å²) < 4.78 is 1.59. The van der Waals surface area contributed by atoms with Crippen molar-refractivity contribution in [1.82, 2.24) is 24.5 Å². The minimum Gasteiger partial charge on any atom is -0.369 e. The van der Waals surface area contributed by atoms with Crippen molar-refractivity contribution in [3.05, 3.63) is 18.5 Å². The minimum atomic E-state index is 0.414. The van der Waals surface area contributed by atoms with Crippen molar-refractivity contribution in [2.45, 2.75) is 0 Å². The summed E-state index contributed by atoms with van der Waals surface area (Å²) in [7, 11) is 3.77. The van der Waals surface area contributed by atoms with Crippen molar-refractivity contribution in [3.8, 4) is 0 Å². The Kier molecular flexibility index (Phi) is 2.10. The van der Waals surface area contributed by atoms with E-state index in [0.29, 0.717) is 11.7 Å². The number of fused-ring (bicyclic) bond motifs is 1. The Bertz CT molecular complexity index is 425. The summed E-state index contributed by atoms with van der Waals surface area (Å²) >= 11 is 0. The Morgan fingerprint density at radius 2 is 2.36 bits per heavy atom. The van der Waals surface area contributed by atoms with Gasteiger partial charge in [0.15, 0.2) is 0 Å². The lowest BCUT2D eigenvalue weighted by Crippen LogP contribution is -2.07. The lowest BCUT2D eigenvalue weighted by atomic mass is 10.7. The maximum absolute atomic E-state index is 4.10. The van der Waals surface area contributed by atoms with E-state index >= 15 is 0 Å². The van der Waals surface area contributed by atoms with E-state index in [-0.39, 0.29) is 0 Å². The van der Waals surface area contributed by atoms with Crippen LogP contribution in [0.5, 0.6) is 0 Å². The van der Waals surface area contributed by atoms with Gasteiger partial charge in [0, 0.05) is 26.5 Å². The highest BCUT2D eigenvalue weighted by molar-refractivity contribution is 5.58. The van der Waals surface area contributed by atoms with Crippen molar-refractivity contribution in [3.63, 3.8) is 0 Å². The molecule has 2 aromatic rings. The molecule has 0 aliphatic heterocycles. The van der Waals surface area contributed by atoms with Gasteiger partial charge in [0.1, 0.15) is 0 Å². The van der Waals surface area contributed by atoms with Gasteiger partial charge in [-0.15, -0.1) is 5.10 Å². The van der Waals surface area contributed by atoms with Gasteiger partial charge < -0.3 is 4.90 Å². The molecule has 0 N–H and O–H groups in total. The van der Waals surface area contributed by atoms with Gasteiger partial charge in [-0.05, 0) is 6.07 Å². The molecular formula is C8H10N6. The third kappa shape index (κ3) is 1.68. The first-order chi connectivity index (χ1) is 6.75. The van der Waals surface area contributed by atoms with E-state index in [0.717, 1.165) is 0 Å². The van der Waals surface area contributed by atoms with Crippen molar-refractivity contribution in [2.75, 3.05) is 14.1 Å². The van der Waals surface area contributed by atoms with Crippen LogP contribution in [0.15, 0.2) is 23.5 Å². The number of rotatable bonds is 2.